The first kappa shape index (κ1) is 16.7. The van der Waals surface area contributed by atoms with E-state index in [1.54, 1.807) is 32.0 Å². The SMILES string of the molecule is Cc1cc(Oc2c(C)cc(CCC(=O)O)cc2N)cc(C)c1O. The molecule has 0 aromatic heterocycles. The molecular formula is C18H21NO4. The summed E-state index contributed by atoms with van der Waals surface area (Å²) in [7, 11) is 0. The molecule has 0 heterocycles. The van der Waals surface area contributed by atoms with Crippen LogP contribution in [0.15, 0.2) is 24.3 Å². The summed E-state index contributed by atoms with van der Waals surface area (Å²) >= 11 is 0. The average Bonchev–Trinajstić information content (AvgIpc) is 2.46. The zero-order valence-electron chi connectivity index (χ0n) is 13.5. The Morgan fingerprint density at radius 2 is 1.70 bits per heavy atom. The molecule has 0 fully saturated rings. The molecule has 2 aromatic carbocycles. The largest absolute Gasteiger partial charge is 0.507 e. The van der Waals surface area contributed by atoms with Gasteiger partial charge in [0.1, 0.15) is 11.5 Å². The first-order valence-corrected chi connectivity index (χ1v) is 7.36. The second-order valence-corrected chi connectivity index (χ2v) is 5.73. The van der Waals surface area contributed by atoms with Gasteiger partial charge in [-0.3, -0.25) is 4.79 Å². The first-order chi connectivity index (χ1) is 10.8. The molecule has 5 heteroatoms. The fourth-order valence-corrected chi connectivity index (χ4v) is 2.51. The van der Waals surface area contributed by atoms with Crippen LogP contribution in [-0.2, 0) is 11.2 Å². The van der Waals surface area contributed by atoms with Crippen molar-refractivity contribution in [1.29, 1.82) is 0 Å². The molecule has 23 heavy (non-hydrogen) atoms. The number of aryl methyl sites for hydroxylation is 4. The number of benzene rings is 2. The molecule has 0 saturated carbocycles. The molecule has 0 aliphatic heterocycles. The van der Waals surface area contributed by atoms with E-state index in [1.165, 1.54) is 0 Å². The summed E-state index contributed by atoms with van der Waals surface area (Å²) in [6.45, 7) is 5.48. The van der Waals surface area contributed by atoms with Crippen LogP contribution < -0.4 is 10.5 Å². The van der Waals surface area contributed by atoms with Crippen molar-refractivity contribution in [3.05, 3.63) is 46.5 Å². The molecular weight excluding hydrogens is 294 g/mol. The maximum atomic E-state index is 10.7. The minimum Gasteiger partial charge on any atom is -0.507 e. The van der Waals surface area contributed by atoms with Crippen molar-refractivity contribution < 1.29 is 19.7 Å². The van der Waals surface area contributed by atoms with Crippen LogP contribution in [-0.4, -0.2) is 16.2 Å². The van der Waals surface area contributed by atoms with Crippen LogP contribution in [0, 0.1) is 20.8 Å². The molecule has 2 rings (SSSR count). The molecule has 0 aliphatic rings. The summed E-state index contributed by atoms with van der Waals surface area (Å²) in [6, 6.07) is 7.12. The van der Waals surface area contributed by atoms with E-state index in [0.29, 0.717) is 23.6 Å². The summed E-state index contributed by atoms with van der Waals surface area (Å²) < 4.78 is 5.88. The van der Waals surface area contributed by atoms with E-state index in [1.807, 2.05) is 13.0 Å². The van der Waals surface area contributed by atoms with Crippen LogP contribution in [0.1, 0.15) is 28.7 Å². The van der Waals surface area contributed by atoms with E-state index in [0.717, 1.165) is 22.3 Å². The Labute approximate surface area is 135 Å². The highest BCUT2D eigenvalue weighted by Gasteiger charge is 2.11. The zero-order chi connectivity index (χ0) is 17.1. The van der Waals surface area contributed by atoms with E-state index < -0.39 is 5.97 Å². The Morgan fingerprint density at radius 1 is 1.09 bits per heavy atom. The van der Waals surface area contributed by atoms with Gasteiger partial charge in [0.2, 0.25) is 0 Å². The molecule has 0 radical (unpaired) electrons. The van der Waals surface area contributed by atoms with Gasteiger partial charge in [-0.15, -0.1) is 0 Å². The molecule has 0 aliphatic carbocycles. The van der Waals surface area contributed by atoms with E-state index in [2.05, 4.69) is 0 Å². The van der Waals surface area contributed by atoms with Crippen molar-refractivity contribution in [1.82, 2.24) is 0 Å². The molecule has 2 aromatic rings. The molecule has 4 N–H and O–H groups in total. The number of aromatic hydroxyl groups is 1. The van der Waals surface area contributed by atoms with Gasteiger partial charge in [0, 0.05) is 6.42 Å². The third-order valence-electron chi connectivity index (χ3n) is 3.68. The lowest BCUT2D eigenvalue weighted by atomic mass is 10.0. The smallest absolute Gasteiger partial charge is 0.303 e. The van der Waals surface area contributed by atoms with Crippen LogP contribution in [0.25, 0.3) is 0 Å². The molecule has 5 nitrogen and oxygen atoms in total. The van der Waals surface area contributed by atoms with Crippen LogP contribution in [0.3, 0.4) is 0 Å². The molecule has 0 amide bonds. The van der Waals surface area contributed by atoms with Gasteiger partial charge in [0.05, 0.1) is 5.69 Å². The van der Waals surface area contributed by atoms with Crippen molar-refractivity contribution in [2.75, 3.05) is 5.73 Å². The average molecular weight is 315 g/mol. The Hall–Kier alpha value is -2.69. The van der Waals surface area contributed by atoms with Crippen molar-refractivity contribution in [2.45, 2.75) is 33.6 Å². The fourth-order valence-electron chi connectivity index (χ4n) is 2.51. The number of aliphatic carboxylic acids is 1. The second kappa shape index (κ2) is 6.60. The summed E-state index contributed by atoms with van der Waals surface area (Å²) in [6.07, 6.45) is 0.494. The maximum Gasteiger partial charge on any atom is 0.303 e. The number of ether oxygens (including phenoxy) is 1. The Morgan fingerprint density at radius 3 is 2.22 bits per heavy atom. The predicted molar refractivity (Wildman–Crippen MR) is 89.2 cm³/mol. The van der Waals surface area contributed by atoms with Gasteiger partial charge in [0.15, 0.2) is 5.75 Å². The number of phenols is 1. The van der Waals surface area contributed by atoms with E-state index in [-0.39, 0.29) is 12.2 Å². The minimum atomic E-state index is -0.836. The molecule has 0 atom stereocenters. The number of hydrogen-bond donors (Lipinski definition) is 3. The molecule has 0 bridgehead atoms. The monoisotopic (exact) mass is 315 g/mol. The van der Waals surface area contributed by atoms with Gasteiger partial charge in [-0.25, -0.2) is 0 Å². The normalized spacial score (nSPS) is 10.6. The number of nitrogen functional groups attached to an aromatic ring is 1. The highest BCUT2D eigenvalue weighted by molar-refractivity contribution is 5.67. The lowest BCUT2D eigenvalue weighted by Gasteiger charge is -2.15. The number of carboxylic acid groups (broad SMARTS) is 1. The van der Waals surface area contributed by atoms with E-state index in [9.17, 15) is 9.90 Å². The lowest BCUT2D eigenvalue weighted by Crippen LogP contribution is -2.01. The van der Waals surface area contributed by atoms with Gasteiger partial charge in [-0.1, -0.05) is 6.07 Å². The molecule has 0 spiro atoms. The number of carbonyl (C=O) groups is 1. The predicted octanol–water partition coefficient (Wildman–Crippen LogP) is 3.71. The summed E-state index contributed by atoms with van der Waals surface area (Å²) in [4.78, 5) is 10.7. The standard InChI is InChI=1S/C18H21NO4/c1-10-7-14(8-11(2)17(10)22)23-18-12(3)6-13(9-15(18)19)4-5-16(20)21/h6-9,22H,4-5,19H2,1-3H3,(H,20,21). The maximum absolute atomic E-state index is 10.7. The number of carboxylic acids is 1. The Balaban J connectivity index is 2.28. The minimum absolute atomic E-state index is 0.0649. The topological polar surface area (TPSA) is 92.8 Å². The summed E-state index contributed by atoms with van der Waals surface area (Å²) in [5.74, 6) is 0.571. The summed E-state index contributed by atoms with van der Waals surface area (Å²) in [5, 5.41) is 18.6. The third-order valence-corrected chi connectivity index (χ3v) is 3.68. The quantitative estimate of drug-likeness (QED) is 0.731. The van der Waals surface area contributed by atoms with E-state index >= 15 is 0 Å². The van der Waals surface area contributed by atoms with Crippen LogP contribution in [0.4, 0.5) is 5.69 Å². The molecule has 0 saturated heterocycles. The van der Waals surface area contributed by atoms with Gasteiger partial charge in [0.25, 0.3) is 0 Å². The molecule has 122 valence electrons. The highest BCUT2D eigenvalue weighted by atomic mass is 16.5. The van der Waals surface area contributed by atoms with Crippen LogP contribution in [0.5, 0.6) is 17.2 Å². The first-order valence-electron chi connectivity index (χ1n) is 7.36. The highest BCUT2D eigenvalue weighted by Crippen LogP contribution is 2.35. The van der Waals surface area contributed by atoms with Crippen LogP contribution in [0.2, 0.25) is 0 Å². The van der Waals surface area contributed by atoms with Crippen molar-refractivity contribution >= 4 is 11.7 Å². The van der Waals surface area contributed by atoms with E-state index in [4.69, 9.17) is 15.6 Å². The lowest BCUT2D eigenvalue weighted by molar-refractivity contribution is -0.136. The van der Waals surface area contributed by atoms with Gasteiger partial charge in [-0.05, 0) is 67.6 Å². The third kappa shape index (κ3) is 3.94. The Bertz CT molecular complexity index is 707. The fraction of sp³-hybridized carbons (Fsp3) is 0.278. The van der Waals surface area contributed by atoms with Gasteiger partial charge < -0.3 is 20.7 Å². The zero-order valence-corrected chi connectivity index (χ0v) is 13.5. The second-order valence-electron chi connectivity index (χ2n) is 5.73. The van der Waals surface area contributed by atoms with Crippen molar-refractivity contribution in [2.24, 2.45) is 0 Å². The number of rotatable bonds is 5. The van der Waals surface area contributed by atoms with Gasteiger partial charge >= 0.3 is 5.97 Å². The van der Waals surface area contributed by atoms with Crippen molar-refractivity contribution in [3.8, 4) is 17.2 Å². The van der Waals surface area contributed by atoms with Crippen LogP contribution >= 0.6 is 0 Å². The molecule has 0 unspecified atom stereocenters. The Kier molecular flexibility index (Phi) is 4.79. The number of nitrogens with two attached hydrogens (primary N) is 1. The van der Waals surface area contributed by atoms with Gasteiger partial charge in [-0.2, -0.15) is 0 Å². The number of phenolic OH excluding ortho intramolecular Hbond substituents is 1. The number of anilines is 1. The van der Waals surface area contributed by atoms with Crippen molar-refractivity contribution in [3.63, 3.8) is 0 Å². The summed E-state index contributed by atoms with van der Waals surface area (Å²) in [5.41, 5.74) is 9.70. The number of hydrogen-bond acceptors (Lipinski definition) is 4.